The minimum absolute atomic E-state index is 0.152. The largest absolute Gasteiger partial charge is 0.481 e. The normalized spacial score (nSPS) is 28.2. The van der Waals surface area contributed by atoms with Gasteiger partial charge in [-0.2, -0.15) is 0 Å². The summed E-state index contributed by atoms with van der Waals surface area (Å²) in [5.74, 6) is -3.78. The number of nitrogens with zero attached hydrogens (tertiary/aromatic N) is 1. The fourth-order valence-corrected chi connectivity index (χ4v) is 5.45. The van der Waals surface area contributed by atoms with Crippen molar-refractivity contribution < 1.29 is 24.3 Å². The molecule has 0 bridgehead atoms. The van der Waals surface area contributed by atoms with E-state index in [0.717, 1.165) is 5.56 Å². The van der Waals surface area contributed by atoms with E-state index >= 15 is 0 Å². The Bertz CT molecular complexity index is 1120. The Morgan fingerprint density at radius 3 is 2.47 bits per heavy atom. The fourth-order valence-electron chi connectivity index (χ4n) is 5.45. The summed E-state index contributed by atoms with van der Waals surface area (Å²) in [5.41, 5.74) is 0.859. The van der Waals surface area contributed by atoms with Crippen molar-refractivity contribution in [1.82, 2.24) is 10.2 Å². The Kier molecular flexibility index (Phi) is 4.82. The van der Waals surface area contributed by atoms with Crippen molar-refractivity contribution in [2.24, 2.45) is 11.8 Å². The number of aliphatic carboxylic acids is 1. The van der Waals surface area contributed by atoms with E-state index in [4.69, 9.17) is 0 Å². The van der Waals surface area contributed by atoms with Crippen LogP contribution in [0.15, 0.2) is 54.6 Å². The van der Waals surface area contributed by atoms with Crippen LogP contribution < -0.4 is 10.6 Å². The highest BCUT2D eigenvalue weighted by atomic mass is 16.4. The molecule has 3 amide bonds. The number of imide groups is 1. The van der Waals surface area contributed by atoms with Crippen molar-refractivity contribution in [1.29, 1.82) is 0 Å². The number of anilines is 1. The third kappa shape index (κ3) is 2.94. The molecular weight excluding hydrogens is 410 g/mol. The number of carbonyl (C=O) groups excluding carboxylic acids is 3. The molecule has 0 aromatic heterocycles. The lowest BCUT2D eigenvalue weighted by Gasteiger charge is -2.29. The summed E-state index contributed by atoms with van der Waals surface area (Å²) in [4.78, 5) is 52.7. The summed E-state index contributed by atoms with van der Waals surface area (Å²) in [5, 5.41) is 15.3. The first-order valence-corrected chi connectivity index (χ1v) is 10.7. The lowest BCUT2D eigenvalue weighted by atomic mass is 9.76. The number of carboxylic acid groups (broad SMARTS) is 1. The van der Waals surface area contributed by atoms with Crippen molar-refractivity contribution in [3.8, 4) is 0 Å². The number of amides is 3. The lowest BCUT2D eigenvalue weighted by molar-refractivity contribution is -0.143. The van der Waals surface area contributed by atoms with Gasteiger partial charge >= 0.3 is 5.97 Å². The predicted molar refractivity (Wildman–Crippen MR) is 114 cm³/mol. The van der Waals surface area contributed by atoms with E-state index in [1.807, 2.05) is 30.3 Å². The summed E-state index contributed by atoms with van der Waals surface area (Å²) in [7, 11) is 0. The van der Waals surface area contributed by atoms with Gasteiger partial charge in [0.05, 0.1) is 11.8 Å². The molecule has 2 aromatic rings. The van der Waals surface area contributed by atoms with Gasteiger partial charge in [-0.15, -0.1) is 0 Å². The summed E-state index contributed by atoms with van der Waals surface area (Å²) in [6.07, 6.45) is 0.506. The zero-order chi connectivity index (χ0) is 22.5. The zero-order valence-corrected chi connectivity index (χ0v) is 17.3. The smallest absolute Gasteiger partial charge is 0.303 e. The second-order valence-corrected chi connectivity index (χ2v) is 8.56. The maximum Gasteiger partial charge on any atom is 0.303 e. The number of hydrogen-bond acceptors (Lipinski definition) is 5. The molecule has 2 fully saturated rings. The number of carboxylic acids is 1. The first-order chi connectivity index (χ1) is 15.4. The van der Waals surface area contributed by atoms with Crippen LogP contribution in [0, 0.1) is 11.8 Å². The van der Waals surface area contributed by atoms with Crippen LogP contribution >= 0.6 is 0 Å². The molecule has 0 saturated carbocycles. The molecule has 3 aliphatic heterocycles. The molecule has 164 valence electrons. The Balaban J connectivity index is 1.51. The van der Waals surface area contributed by atoms with Gasteiger partial charge in [0.25, 0.3) is 0 Å². The van der Waals surface area contributed by atoms with E-state index in [1.54, 1.807) is 24.3 Å². The standard InChI is InChI=1S/C24H23N3O5/c28-18(29)11-10-17-19-20(24(26-17)15-8-4-5-9-16(15)25-23(24)32)22(31)27(21(19)30)13-12-14-6-2-1-3-7-14/h1-9,17,19-20,26H,10-13H2,(H,25,32)(H,28,29)/t17-,19-,20+,24+/m1/s1. The SMILES string of the molecule is O=C(O)CC[C@H]1N[C@]2(C(=O)Nc3ccccc32)[C@@H]2C(=O)N(CCc3ccccc3)C(=O)[C@@H]21. The van der Waals surface area contributed by atoms with E-state index in [0.29, 0.717) is 17.7 Å². The van der Waals surface area contributed by atoms with E-state index in [9.17, 15) is 24.3 Å². The van der Waals surface area contributed by atoms with Crippen LogP contribution in [0.2, 0.25) is 0 Å². The Hall–Kier alpha value is -3.52. The molecule has 2 saturated heterocycles. The van der Waals surface area contributed by atoms with Crippen LogP contribution in [0.5, 0.6) is 0 Å². The fraction of sp³-hybridized carbons (Fsp3) is 0.333. The Morgan fingerprint density at radius 1 is 1.00 bits per heavy atom. The van der Waals surface area contributed by atoms with Gasteiger partial charge in [-0.1, -0.05) is 48.5 Å². The summed E-state index contributed by atoms with van der Waals surface area (Å²) in [6.45, 7) is 0.222. The van der Waals surface area contributed by atoms with Crippen molar-refractivity contribution in [3.05, 3.63) is 65.7 Å². The van der Waals surface area contributed by atoms with E-state index in [-0.39, 0.29) is 37.1 Å². The van der Waals surface area contributed by atoms with E-state index < -0.39 is 29.4 Å². The highest BCUT2D eigenvalue weighted by molar-refractivity contribution is 6.15. The highest BCUT2D eigenvalue weighted by Gasteiger charge is 2.70. The van der Waals surface area contributed by atoms with Crippen LogP contribution in [-0.4, -0.2) is 46.3 Å². The van der Waals surface area contributed by atoms with Crippen LogP contribution in [0.3, 0.4) is 0 Å². The molecule has 8 heteroatoms. The molecule has 4 atom stereocenters. The number of fused-ring (bicyclic) bond motifs is 4. The lowest BCUT2D eigenvalue weighted by Crippen LogP contribution is -2.53. The maximum atomic E-state index is 13.6. The van der Waals surface area contributed by atoms with E-state index in [1.165, 1.54) is 4.90 Å². The van der Waals surface area contributed by atoms with Crippen molar-refractivity contribution in [2.75, 3.05) is 11.9 Å². The van der Waals surface area contributed by atoms with Gasteiger partial charge in [0.1, 0.15) is 5.54 Å². The molecule has 3 heterocycles. The third-order valence-electron chi connectivity index (χ3n) is 6.85. The molecule has 32 heavy (non-hydrogen) atoms. The van der Waals surface area contributed by atoms with Crippen LogP contribution in [-0.2, 0) is 31.1 Å². The van der Waals surface area contributed by atoms with E-state index in [2.05, 4.69) is 10.6 Å². The average molecular weight is 433 g/mol. The molecule has 0 radical (unpaired) electrons. The number of likely N-dealkylation sites (tertiary alicyclic amines) is 1. The topological polar surface area (TPSA) is 116 Å². The number of para-hydroxylation sites is 1. The Morgan fingerprint density at radius 2 is 1.72 bits per heavy atom. The molecule has 8 nitrogen and oxygen atoms in total. The zero-order valence-electron chi connectivity index (χ0n) is 17.3. The second-order valence-electron chi connectivity index (χ2n) is 8.56. The number of rotatable bonds is 6. The molecule has 3 N–H and O–H groups in total. The van der Waals surface area contributed by atoms with Gasteiger partial charge in [0.2, 0.25) is 17.7 Å². The minimum atomic E-state index is -1.38. The van der Waals surface area contributed by atoms with Crippen molar-refractivity contribution in [3.63, 3.8) is 0 Å². The minimum Gasteiger partial charge on any atom is -0.481 e. The van der Waals surface area contributed by atoms with Gasteiger partial charge < -0.3 is 10.4 Å². The van der Waals surface area contributed by atoms with Gasteiger partial charge in [-0.05, 0) is 24.5 Å². The molecule has 0 unspecified atom stereocenters. The molecule has 5 rings (SSSR count). The summed E-state index contributed by atoms with van der Waals surface area (Å²) in [6, 6.07) is 16.1. The van der Waals surface area contributed by atoms with Crippen molar-refractivity contribution in [2.45, 2.75) is 30.8 Å². The summed E-state index contributed by atoms with van der Waals surface area (Å²) >= 11 is 0. The van der Waals surface area contributed by atoms with Crippen LogP contribution in [0.1, 0.15) is 24.0 Å². The van der Waals surface area contributed by atoms with Gasteiger partial charge in [0, 0.05) is 30.3 Å². The van der Waals surface area contributed by atoms with Crippen LogP contribution in [0.25, 0.3) is 0 Å². The number of hydrogen-bond donors (Lipinski definition) is 3. The molecular formula is C24H23N3O5. The average Bonchev–Trinajstić information content (AvgIpc) is 3.36. The first-order valence-electron chi connectivity index (χ1n) is 10.7. The molecule has 1 spiro atoms. The number of carbonyl (C=O) groups is 4. The predicted octanol–water partition coefficient (Wildman–Crippen LogP) is 1.51. The van der Waals surface area contributed by atoms with Crippen molar-refractivity contribution >= 4 is 29.4 Å². The quantitative estimate of drug-likeness (QED) is 0.595. The van der Waals surface area contributed by atoms with Gasteiger partial charge in [0.15, 0.2) is 0 Å². The maximum absolute atomic E-state index is 13.6. The highest BCUT2D eigenvalue weighted by Crippen LogP contribution is 2.53. The first kappa shape index (κ1) is 20.4. The summed E-state index contributed by atoms with van der Waals surface area (Å²) < 4.78 is 0. The van der Waals surface area contributed by atoms with Gasteiger partial charge in [-0.25, -0.2) is 0 Å². The number of benzene rings is 2. The van der Waals surface area contributed by atoms with Gasteiger partial charge in [-0.3, -0.25) is 29.4 Å². The molecule has 0 aliphatic carbocycles. The number of nitrogens with one attached hydrogen (secondary N) is 2. The second kappa shape index (κ2) is 7.56. The van der Waals surface area contributed by atoms with Crippen LogP contribution in [0.4, 0.5) is 5.69 Å². The Labute approximate surface area is 184 Å². The monoisotopic (exact) mass is 433 g/mol. The molecule has 3 aliphatic rings. The molecule has 2 aromatic carbocycles. The third-order valence-corrected chi connectivity index (χ3v) is 6.85.